The Kier molecular flexibility index (Phi) is 6.41. The van der Waals surface area contributed by atoms with Crippen molar-refractivity contribution in [3.63, 3.8) is 0 Å². The van der Waals surface area contributed by atoms with E-state index in [4.69, 9.17) is 6.30 Å². The Morgan fingerprint density at radius 2 is 0.714 bits per heavy atom. The summed E-state index contributed by atoms with van der Waals surface area (Å²) in [7, 11) is 0. The number of benzene rings is 3. The van der Waals surface area contributed by atoms with Crippen LogP contribution < -0.4 is 74.1 Å². The van der Waals surface area contributed by atoms with Gasteiger partial charge in [0.1, 0.15) is 0 Å². The fraction of sp³-hybridized carbons (Fsp3) is 0. The monoisotopic (exact) mass is 360 g/mol. The van der Waals surface area contributed by atoms with Gasteiger partial charge in [0, 0.05) is 0 Å². The molecule has 0 bridgehead atoms. The topological polar surface area (TPSA) is 0 Å². The molecule has 0 amide bonds. The van der Waals surface area contributed by atoms with Crippen LogP contribution in [0.4, 0.5) is 0 Å². The number of hydrogen-bond acceptors (Lipinski definition) is 0. The van der Waals surface area contributed by atoms with Crippen LogP contribution in [0.2, 0.25) is 0 Å². The molecule has 0 nitrogen and oxygen atoms in total. The molecule has 0 unspecified atom stereocenters. The van der Waals surface area contributed by atoms with Crippen LogP contribution in [0.25, 0.3) is 0 Å². The zero-order valence-electron chi connectivity index (χ0n) is 12.2. The summed E-state index contributed by atoms with van der Waals surface area (Å²) in [5, 5.41) is 3.62. The fourth-order valence-electron chi connectivity index (χ4n) is 2.44. The zero-order chi connectivity index (χ0) is 13.8. The third kappa shape index (κ3) is 3.58. The van der Waals surface area contributed by atoms with Gasteiger partial charge in [-0.25, -0.2) is 0 Å². The predicted molar refractivity (Wildman–Crippen MR) is 91.2 cm³/mol. The van der Waals surface area contributed by atoms with E-state index < -0.39 is 6.89 Å². The summed E-state index contributed by atoms with van der Waals surface area (Å²) in [6.45, 7) is -2.03. The first-order chi connectivity index (χ1) is 9.82. The van der Waals surface area contributed by atoms with Gasteiger partial charge in [-0.3, -0.25) is 0 Å². The first-order valence-electron chi connectivity index (χ1n) is 6.66. The second-order valence-corrected chi connectivity index (χ2v) is 7.72. The van der Waals surface area contributed by atoms with Crippen LogP contribution in [0.1, 0.15) is 0 Å². The molecule has 0 heterocycles. The molecule has 0 radical (unpaired) electrons. The van der Waals surface area contributed by atoms with E-state index in [1.54, 1.807) is 0 Å². The summed E-state index contributed by atoms with van der Waals surface area (Å²) in [4.78, 5) is 0. The molecule has 3 rings (SSSR count). The summed E-state index contributed by atoms with van der Waals surface area (Å²) in [6.07, 6.45) is 6.97. The van der Waals surface area contributed by atoms with E-state index in [0.717, 1.165) is 0 Å². The second-order valence-electron chi connectivity index (χ2n) is 4.73. The van der Waals surface area contributed by atoms with Gasteiger partial charge < -0.3 is 6.30 Å². The van der Waals surface area contributed by atoms with Crippen LogP contribution in [-0.2, 0) is 0 Å². The third-order valence-corrected chi connectivity index (χ3v) is 6.83. The van der Waals surface area contributed by atoms with E-state index in [1.165, 1.54) is 15.9 Å². The van der Waals surface area contributed by atoms with Gasteiger partial charge in [-0.2, -0.15) is 6.89 Å². The largest absolute Gasteiger partial charge is 1.00 e. The van der Waals surface area contributed by atoms with Crippen molar-refractivity contribution in [3.05, 3.63) is 91.0 Å². The van der Waals surface area contributed by atoms with Crippen molar-refractivity contribution in [1.29, 1.82) is 0 Å². The van der Waals surface area contributed by atoms with E-state index >= 15 is 0 Å². The van der Waals surface area contributed by atoms with Crippen molar-refractivity contribution >= 4 is 29.1 Å². The molecule has 0 spiro atoms. The molecule has 0 aliphatic rings. The van der Waals surface area contributed by atoms with Crippen molar-refractivity contribution in [2.24, 2.45) is 0 Å². The van der Waals surface area contributed by atoms with Gasteiger partial charge >= 0.3 is 58.2 Å². The summed E-state index contributed by atoms with van der Waals surface area (Å²) in [6, 6.07) is 31.2. The fourth-order valence-corrected chi connectivity index (χ4v) is 5.26. The molecule has 21 heavy (non-hydrogen) atoms. The van der Waals surface area contributed by atoms with Gasteiger partial charge in [-0.15, -0.1) is 0 Å². The minimum Gasteiger partial charge on any atom is -0.496 e. The van der Waals surface area contributed by atoms with Crippen LogP contribution in [0.15, 0.2) is 91.0 Å². The zero-order valence-corrected chi connectivity index (χ0v) is 18.0. The average molecular weight is 361 g/mol. The molecule has 3 aromatic carbocycles. The summed E-state index contributed by atoms with van der Waals surface area (Å²) in [5.74, 6) is 0. The first kappa shape index (κ1) is 17.1. The Bertz CT molecular complexity index is 618. The van der Waals surface area contributed by atoms with Crippen LogP contribution in [-0.4, -0.2) is 6.30 Å². The Balaban J connectivity index is 0.00000161. The molecule has 0 atom stereocenters. The first-order valence-corrected chi connectivity index (χ1v) is 8.52. The molecule has 98 valence electrons. The van der Waals surface area contributed by atoms with Gasteiger partial charge in [-0.1, -0.05) is 91.0 Å². The summed E-state index contributed by atoms with van der Waals surface area (Å²) >= 11 is 0. The molecule has 0 N–H and O–H groups in total. The molecule has 0 aliphatic carbocycles. The van der Waals surface area contributed by atoms with Crippen molar-refractivity contribution in [1.82, 2.24) is 0 Å². The molecule has 0 fully saturated rings. The van der Waals surface area contributed by atoms with E-state index in [-0.39, 0.29) is 58.2 Å². The average Bonchev–Trinajstić information content (AvgIpc) is 2.56. The standard InChI is InChI=1S/C19H16P.Rb/c1-20(17-11-5-2-6-12-17,18-13-7-3-8-14-18)19-15-9-4-10-16-19;/h1-16H;/q-1;+1. The van der Waals surface area contributed by atoms with Crippen molar-refractivity contribution < 1.29 is 58.2 Å². The van der Waals surface area contributed by atoms with Crippen LogP contribution in [0.5, 0.6) is 0 Å². The van der Waals surface area contributed by atoms with E-state index in [1.807, 2.05) is 18.2 Å². The maximum absolute atomic E-state index is 6.97. The number of rotatable bonds is 3. The normalized spacial score (nSPS) is 10.7. The van der Waals surface area contributed by atoms with Crippen molar-refractivity contribution in [3.8, 4) is 0 Å². The molecule has 0 saturated carbocycles. The molecular weight excluding hydrogens is 345 g/mol. The second kappa shape index (κ2) is 7.86. The Hall–Kier alpha value is -0.235. The van der Waals surface area contributed by atoms with Crippen LogP contribution in [0, 0.1) is 0 Å². The smallest absolute Gasteiger partial charge is 0.496 e. The SMILES string of the molecule is [CH-]=P(c1ccccc1)(c1ccccc1)c1ccccc1.[Rb+]. The maximum Gasteiger partial charge on any atom is 1.00 e. The Labute approximate surface area is 176 Å². The van der Waals surface area contributed by atoms with Crippen molar-refractivity contribution in [2.75, 3.05) is 0 Å². The van der Waals surface area contributed by atoms with Crippen molar-refractivity contribution in [2.45, 2.75) is 0 Å². The summed E-state index contributed by atoms with van der Waals surface area (Å²) < 4.78 is 0. The van der Waals surface area contributed by atoms with E-state index in [0.29, 0.717) is 0 Å². The Morgan fingerprint density at radius 3 is 0.952 bits per heavy atom. The molecular formula is C19H16PRb. The minimum absolute atomic E-state index is 0. The minimum atomic E-state index is -2.03. The van der Waals surface area contributed by atoms with Crippen LogP contribution >= 0.6 is 6.89 Å². The van der Waals surface area contributed by atoms with Gasteiger partial charge in [0.2, 0.25) is 0 Å². The van der Waals surface area contributed by atoms with Crippen LogP contribution in [0.3, 0.4) is 0 Å². The molecule has 2 heteroatoms. The Morgan fingerprint density at radius 1 is 0.476 bits per heavy atom. The van der Waals surface area contributed by atoms with E-state index in [2.05, 4.69) is 72.8 Å². The van der Waals surface area contributed by atoms with Gasteiger partial charge in [0.15, 0.2) is 0 Å². The van der Waals surface area contributed by atoms with Gasteiger partial charge in [0.05, 0.1) is 0 Å². The van der Waals surface area contributed by atoms with Gasteiger partial charge in [0.25, 0.3) is 0 Å². The number of hydrogen-bond donors (Lipinski definition) is 0. The quantitative estimate of drug-likeness (QED) is 0.465. The molecule has 0 aromatic heterocycles. The van der Waals surface area contributed by atoms with Gasteiger partial charge in [-0.05, 0) is 15.9 Å². The molecule has 0 saturated heterocycles. The summed E-state index contributed by atoms with van der Waals surface area (Å²) in [5.41, 5.74) is 0. The molecule has 3 aromatic rings. The third-order valence-electron chi connectivity index (χ3n) is 3.49. The maximum atomic E-state index is 6.97. The predicted octanol–water partition coefficient (Wildman–Crippen LogP) is 0.293. The van der Waals surface area contributed by atoms with E-state index in [9.17, 15) is 0 Å². The molecule has 0 aliphatic heterocycles.